The first kappa shape index (κ1) is 17.2. The zero-order valence-electron chi connectivity index (χ0n) is 13.9. The van der Waals surface area contributed by atoms with Gasteiger partial charge in [-0.1, -0.05) is 29.3 Å². The molecular formula is C19H17Cl2N3O2. The van der Waals surface area contributed by atoms with Crippen LogP contribution in [0.25, 0.3) is 10.9 Å². The maximum Gasteiger partial charge on any atom is 0.270 e. The molecule has 7 heteroatoms. The number of hydroxylamine groups is 2. The van der Waals surface area contributed by atoms with Gasteiger partial charge in [0.25, 0.3) is 5.91 Å². The summed E-state index contributed by atoms with van der Waals surface area (Å²) >= 11 is 12.0. The number of halogens is 2. The molecule has 0 bridgehead atoms. The highest BCUT2D eigenvalue weighted by atomic mass is 35.5. The first-order valence-corrected chi connectivity index (χ1v) is 9.10. The number of rotatable bonds is 3. The van der Waals surface area contributed by atoms with Gasteiger partial charge in [0.05, 0.1) is 13.1 Å². The Balaban J connectivity index is 1.39. The maximum atomic E-state index is 12.7. The minimum Gasteiger partial charge on any atom is -0.406 e. The molecule has 0 aliphatic carbocycles. The van der Waals surface area contributed by atoms with Crippen LogP contribution in [-0.2, 0) is 0 Å². The molecule has 1 aliphatic rings. The van der Waals surface area contributed by atoms with Gasteiger partial charge in [-0.2, -0.15) is 0 Å². The Bertz CT molecular complexity index is 949. The summed E-state index contributed by atoms with van der Waals surface area (Å²) in [4.78, 5) is 23.6. The highest BCUT2D eigenvalue weighted by molar-refractivity contribution is 6.31. The summed E-state index contributed by atoms with van der Waals surface area (Å²) in [6.45, 7) is 2.44. The molecule has 1 aliphatic heterocycles. The van der Waals surface area contributed by atoms with Crippen LogP contribution in [0.3, 0.4) is 0 Å². The number of hydrogen-bond donors (Lipinski definition) is 1. The zero-order valence-corrected chi connectivity index (χ0v) is 15.4. The lowest BCUT2D eigenvalue weighted by Gasteiger charge is -2.33. The number of aromatic nitrogens is 1. The Morgan fingerprint density at radius 3 is 2.50 bits per heavy atom. The van der Waals surface area contributed by atoms with Gasteiger partial charge in [-0.15, -0.1) is 5.06 Å². The molecule has 1 aromatic heterocycles. The highest BCUT2D eigenvalue weighted by Gasteiger charge is 2.24. The standard InChI is InChI=1S/C19H17Cl2N3O2/c20-14-2-1-3-16(12-14)26-24-8-6-23(7-9-24)19(25)18-11-13-10-15(21)4-5-17(13)22-18/h1-5,10-12,22H,6-9H2. The Morgan fingerprint density at radius 2 is 1.73 bits per heavy atom. The summed E-state index contributed by atoms with van der Waals surface area (Å²) in [6.07, 6.45) is 0. The zero-order chi connectivity index (χ0) is 18.1. The quantitative estimate of drug-likeness (QED) is 0.728. The number of piperazine rings is 1. The lowest BCUT2D eigenvalue weighted by atomic mass is 10.2. The van der Waals surface area contributed by atoms with Gasteiger partial charge >= 0.3 is 0 Å². The van der Waals surface area contributed by atoms with Crippen molar-refractivity contribution in [3.05, 3.63) is 64.3 Å². The fourth-order valence-corrected chi connectivity index (χ4v) is 3.41. The highest BCUT2D eigenvalue weighted by Crippen LogP contribution is 2.22. The van der Waals surface area contributed by atoms with Crippen molar-refractivity contribution >= 4 is 40.0 Å². The van der Waals surface area contributed by atoms with Crippen molar-refractivity contribution in [1.82, 2.24) is 14.9 Å². The molecular weight excluding hydrogens is 373 g/mol. The van der Waals surface area contributed by atoms with Gasteiger partial charge in [0.2, 0.25) is 0 Å². The predicted octanol–water partition coefficient (Wildman–Crippen LogP) is 4.23. The summed E-state index contributed by atoms with van der Waals surface area (Å²) < 4.78 is 0. The molecule has 1 saturated heterocycles. The molecule has 2 aromatic carbocycles. The van der Waals surface area contributed by atoms with Gasteiger partial charge in [0.1, 0.15) is 11.4 Å². The van der Waals surface area contributed by atoms with Crippen LogP contribution in [0, 0.1) is 0 Å². The van der Waals surface area contributed by atoms with Crippen LogP contribution < -0.4 is 4.84 Å². The van der Waals surface area contributed by atoms with Crippen molar-refractivity contribution in [2.24, 2.45) is 0 Å². The average Bonchev–Trinajstić information content (AvgIpc) is 3.05. The molecule has 0 atom stereocenters. The van der Waals surface area contributed by atoms with Gasteiger partial charge in [-0.05, 0) is 36.4 Å². The monoisotopic (exact) mass is 389 g/mol. The first-order chi connectivity index (χ1) is 12.6. The fourth-order valence-electron chi connectivity index (χ4n) is 3.04. The molecule has 1 N–H and O–H groups in total. The van der Waals surface area contributed by atoms with Crippen LogP contribution in [-0.4, -0.2) is 47.0 Å². The lowest BCUT2D eigenvalue weighted by molar-refractivity contribution is -0.0833. The lowest BCUT2D eigenvalue weighted by Crippen LogP contribution is -2.49. The molecule has 134 valence electrons. The molecule has 4 rings (SSSR count). The summed E-state index contributed by atoms with van der Waals surface area (Å²) in [5.74, 6) is 0.685. The van der Waals surface area contributed by atoms with E-state index in [9.17, 15) is 4.79 Å². The van der Waals surface area contributed by atoms with E-state index in [0.29, 0.717) is 47.7 Å². The Hall–Kier alpha value is -2.21. The summed E-state index contributed by atoms with van der Waals surface area (Å²) in [5.41, 5.74) is 1.48. The number of benzene rings is 2. The fraction of sp³-hybridized carbons (Fsp3) is 0.211. The van der Waals surface area contributed by atoms with Crippen LogP contribution in [0.1, 0.15) is 10.5 Å². The minimum atomic E-state index is -0.0141. The molecule has 0 radical (unpaired) electrons. The summed E-state index contributed by atoms with van der Waals surface area (Å²) in [6, 6.07) is 14.7. The topological polar surface area (TPSA) is 48.6 Å². The van der Waals surface area contributed by atoms with Crippen molar-refractivity contribution in [2.45, 2.75) is 0 Å². The third-order valence-corrected chi connectivity index (χ3v) is 4.84. The second kappa shape index (κ2) is 7.19. The second-order valence-corrected chi connectivity index (χ2v) is 7.06. The molecule has 0 saturated carbocycles. The van der Waals surface area contributed by atoms with Crippen LogP contribution in [0.5, 0.6) is 5.75 Å². The van der Waals surface area contributed by atoms with E-state index in [1.807, 2.05) is 40.3 Å². The number of H-pyrrole nitrogens is 1. The van der Waals surface area contributed by atoms with E-state index in [1.54, 1.807) is 18.2 Å². The van der Waals surface area contributed by atoms with E-state index in [-0.39, 0.29) is 5.91 Å². The van der Waals surface area contributed by atoms with Crippen molar-refractivity contribution in [3.63, 3.8) is 0 Å². The predicted molar refractivity (Wildman–Crippen MR) is 103 cm³/mol. The van der Waals surface area contributed by atoms with Crippen LogP contribution >= 0.6 is 23.2 Å². The smallest absolute Gasteiger partial charge is 0.270 e. The number of aromatic amines is 1. The normalized spacial score (nSPS) is 15.4. The number of fused-ring (bicyclic) bond motifs is 1. The molecule has 5 nitrogen and oxygen atoms in total. The number of amides is 1. The average molecular weight is 390 g/mol. The van der Waals surface area contributed by atoms with E-state index >= 15 is 0 Å². The van der Waals surface area contributed by atoms with Gasteiger partial charge in [0, 0.05) is 40.1 Å². The largest absolute Gasteiger partial charge is 0.406 e. The van der Waals surface area contributed by atoms with Crippen LogP contribution in [0.2, 0.25) is 10.0 Å². The van der Waals surface area contributed by atoms with E-state index in [1.165, 1.54) is 0 Å². The number of nitrogens with zero attached hydrogens (tertiary/aromatic N) is 2. The third-order valence-electron chi connectivity index (χ3n) is 4.37. The number of hydrogen-bond acceptors (Lipinski definition) is 3. The number of carbonyl (C=O) groups is 1. The van der Waals surface area contributed by atoms with Crippen molar-refractivity contribution < 1.29 is 9.63 Å². The molecule has 3 aromatic rings. The molecule has 1 fully saturated rings. The van der Waals surface area contributed by atoms with Gasteiger partial charge < -0.3 is 14.7 Å². The van der Waals surface area contributed by atoms with Crippen LogP contribution in [0.4, 0.5) is 0 Å². The second-order valence-electron chi connectivity index (χ2n) is 6.18. The van der Waals surface area contributed by atoms with Crippen molar-refractivity contribution in [3.8, 4) is 5.75 Å². The van der Waals surface area contributed by atoms with Crippen LogP contribution in [0.15, 0.2) is 48.5 Å². The summed E-state index contributed by atoms with van der Waals surface area (Å²) in [7, 11) is 0. The molecule has 0 unspecified atom stereocenters. The number of carbonyl (C=O) groups excluding carboxylic acids is 1. The molecule has 1 amide bonds. The Labute approximate surface area is 161 Å². The first-order valence-electron chi connectivity index (χ1n) is 8.34. The maximum absolute atomic E-state index is 12.7. The van der Waals surface area contributed by atoms with Gasteiger partial charge in [0.15, 0.2) is 0 Å². The molecule has 0 spiro atoms. The van der Waals surface area contributed by atoms with Gasteiger partial charge in [-0.3, -0.25) is 4.79 Å². The molecule has 26 heavy (non-hydrogen) atoms. The Morgan fingerprint density at radius 1 is 0.962 bits per heavy atom. The van der Waals surface area contributed by atoms with E-state index in [0.717, 1.165) is 10.9 Å². The van der Waals surface area contributed by atoms with Crippen molar-refractivity contribution in [1.29, 1.82) is 0 Å². The van der Waals surface area contributed by atoms with E-state index in [2.05, 4.69) is 4.98 Å². The van der Waals surface area contributed by atoms with E-state index < -0.39 is 0 Å². The van der Waals surface area contributed by atoms with Crippen molar-refractivity contribution in [2.75, 3.05) is 26.2 Å². The minimum absolute atomic E-state index is 0.0141. The van der Waals surface area contributed by atoms with Gasteiger partial charge in [-0.25, -0.2) is 0 Å². The SMILES string of the molecule is O=C(c1cc2cc(Cl)ccc2[nH]1)N1CCN(Oc2cccc(Cl)c2)CC1. The number of nitrogens with one attached hydrogen (secondary N) is 1. The molecule has 2 heterocycles. The Kier molecular flexibility index (Phi) is 4.76. The summed E-state index contributed by atoms with van der Waals surface area (Å²) in [5, 5.41) is 4.07. The van der Waals surface area contributed by atoms with E-state index in [4.69, 9.17) is 28.0 Å². The third kappa shape index (κ3) is 3.65.